The molecule has 1 aliphatic heterocycles. The Morgan fingerprint density at radius 2 is 1.70 bits per heavy atom. The predicted octanol–water partition coefficient (Wildman–Crippen LogP) is 4.59. The minimum absolute atomic E-state index is 0.428. The standard InChI is InChI=1S/C22H20O5/c1-2-13-25-18-12-11-14-7-3-4-8-15(14)19(18)20-21(22(23)24)27-17-10-6-5-9-16(17)26-20/h3-12,20-21H,2,13H2,1H3,(H,23,24). The number of carboxylic acids is 1. The fraction of sp³-hybridized carbons (Fsp3) is 0.227. The van der Waals surface area contributed by atoms with Crippen molar-refractivity contribution in [3.05, 3.63) is 66.2 Å². The van der Waals surface area contributed by atoms with Crippen molar-refractivity contribution >= 4 is 16.7 Å². The van der Waals surface area contributed by atoms with Gasteiger partial charge in [0, 0.05) is 5.56 Å². The molecule has 0 fully saturated rings. The number of carbonyl (C=O) groups is 1. The molecule has 0 aliphatic carbocycles. The molecule has 4 rings (SSSR count). The summed E-state index contributed by atoms with van der Waals surface area (Å²) in [5, 5.41) is 11.7. The summed E-state index contributed by atoms with van der Waals surface area (Å²) in [6, 6.07) is 18.7. The van der Waals surface area contributed by atoms with Crippen molar-refractivity contribution in [1.29, 1.82) is 0 Å². The number of ether oxygens (including phenoxy) is 3. The lowest BCUT2D eigenvalue weighted by atomic mass is 9.95. The molecule has 3 aromatic carbocycles. The van der Waals surface area contributed by atoms with Crippen LogP contribution in [0, 0.1) is 0 Å². The number of carboxylic acid groups (broad SMARTS) is 1. The summed E-state index contributed by atoms with van der Waals surface area (Å²) in [6.45, 7) is 2.56. The van der Waals surface area contributed by atoms with Gasteiger partial charge in [0.15, 0.2) is 17.6 Å². The Bertz CT molecular complexity index is 981. The van der Waals surface area contributed by atoms with Crippen LogP contribution in [0.15, 0.2) is 60.7 Å². The lowest BCUT2D eigenvalue weighted by Gasteiger charge is -2.33. The highest BCUT2D eigenvalue weighted by Crippen LogP contribution is 2.44. The third-order valence-corrected chi connectivity index (χ3v) is 4.55. The van der Waals surface area contributed by atoms with E-state index in [-0.39, 0.29) is 0 Å². The summed E-state index contributed by atoms with van der Waals surface area (Å²) in [5.74, 6) is 0.491. The normalized spacial score (nSPS) is 18.3. The number of para-hydroxylation sites is 2. The fourth-order valence-electron chi connectivity index (χ4n) is 3.34. The van der Waals surface area contributed by atoms with Crippen LogP contribution < -0.4 is 14.2 Å². The van der Waals surface area contributed by atoms with E-state index in [0.29, 0.717) is 29.4 Å². The highest BCUT2D eigenvalue weighted by atomic mass is 16.6. The molecule has 0 radical (unpaired) electrons. The second kappa shape index (κ2) is 7.19. The van der Waals surface area contributed by atoms with Crippen LogP contribution in [0.1, 0.15) is 25.0 Å². The van der Waals surface area contributed by atoms with Crippen molar-refractivity contribution < 1.29 is 24.1 Å². The average molecular weight is 364 g/mol. The summed E-state index contributed by atoms with van der Waals surface area (Å²) >= 11 is 0. The van der Waals surface area contributed by atoms with Crippen LogP contribution in [0.3, 0.4) is 0 Å². The van der Waals surface area contributed by atoms with Crippen LogP contribution >= 0.6 is 0 Å². The summed E-state index contributed by atoms with van der Waals surface area (Å²) in [4.78, 5) is 12.0. The molecule has 3 aromatic rings. The molecule has 27 heavy (non-hydrogen) atoms. The van der Waals surface area contributed by atoms with Gasteiger partial charge in [-0.15, -0.1) is 0 Å². The average Bonchev–Trinajstić information content (AvgIpc) is 2.70. The highest BCUT2D eigenvalue weighted by molar-refractivity contribution is 5.89. The third kappa shape index (κ3) is 3.16. The van der Waals surface area contributed by atoms with Gasteiger partial charge in [-0.2, -0.15) is 0 Å². The van der Waals surface area contributed by atoms with Crippen LogP contribution in [-0.4, -0.2) is 23.8 Å². The van der Waals surface area contributed by atoms with Gasteiger partial charge in [-0.1, -0.05) is 49.4 Å². The molecule has 0 saturated heterocycles. The molecular weight excluding hydrogens is 344 g/mol. The molecule has 138 valence electrons. The van der Waals surface area contributed by atoms with Gasteiger partial charge >= 0.3 is 5.97 Å². The van der Waals surface area contributed by atoms with E-state index in [1.165, 1.54) is 0 Å². The molecule has 0 saturated carbocycles. The van der Waals surface area contributed by atoms with Crippen LogP contribution in [0.4, 0.5) is 0 Å². The Hall–Kier alpha value is -3.21. The van der Waals surface area contributed by atoms with Crippen molar-refractivity contribution in [2.75, 3.05) is 6.61 Å². The van der Waals surface area contributed by atoms with Gasteiger partial charge in [-0.05, 0) is 35.4 Å². The number of hydrogen-bond donors (Lipinski definition) is 1. The molecule has 1 heterocycles. The lowest BCUT2D eigenvalue weighted by molar-refractivity contribution is -0.151. The zero-order chi connectivity index (χ0) is 18.8. The predicted molar refractivity (Wildman–Crippen MR) is 102 cm³/mol. The van der Waals surface area contributed by atoms with Gasteiger partial charge in [-0.3, -0.25) is 0 Å². The molecule has 0 aromatic heterocycles. The zero-order valence-electron chi connectivity index (χ0n) is 14.9. The van der Waals surface area contributed by atoms with E-state index in [1.54, 1.807) is 18.2 Å². The molecule has 1 aliphatic rings. The maximum atomic E-state index is 12.0. The SMILES string of the molecule is CCCOc1ccc2ccccc2c1C1Oc2ccccc2OC1C(=O)O. The van der Waals surface area contributed by atoms with Crippen LogP contribution in [0.2, 0.25) is 0 Å². The maximum absolute atomic E-state index is 12.0. The van der Waals surface area contributed by atoms with Gasteiger partial charge in [0.2, 0.25) is 6.10 Å². The molecule has 0 bridgehead atoms. The minimum atomic E-state index is -1.17. The van der Waals surface area contributed by atoms with Crippen LogP contribution in [-0.2, 0) is 4.79 Å². The quantitative estimate of drug-likeness (QED) is 0.717. The van der Waals surface area contributed by atoms with Gasteiger partial charge < -0.3 is 19.3 Å². The van der Waals surface area contributed by atoms with E-state index in [2.05, 4.69) is 0 Å². The first-order valence-corrected chi connectivity index (χ1v) is 8.98. The Kier molecular flexibility index (Phi) is 4.59. The van der Waals surface area contributed by atoms with Crippen molar-refractivity contribution in [2.24, 2.45) is 0 Å². The monoisotopic (exact) mass is 364 g/mol. The number of aliphatic carboxylic acids is 1. The molecule has 0 amide bonds. The first kappa shape index (κ1) is 17.2. The number of benzene rings is 3. The van der Waals surface area contributed by atoms with E-state index in [0.717, 1.165) is 17.2 Å². The van der Waals surface area contributed by atoms with E-state index in [9.17, 15) is 9.90 Å². The second-order valence-electron chi connectivity index (χ2n) is 6.41. The van der Waals surface area contributed by atoms with Gasteiger partial charge in [0.25, 0.3) is 0 Å². The van der Waals surface area contributed by atoms with E-state index in [4.69, 9.17) is 14.2 Å². The molecule has 1 N–H and O–H groups in total. The van der Waals surface area contributed by atoms with Crippen molar-refractivity contribution in [1.82, 2.24) is 0 Å². The Morgan fingerprint density at radius 3 is 2.44 bits per heavy atom. The smallest absolute Gasteiger partial charge is 0.349 e. The molecule has 5 heteroatoms. The highest BCUT2D eigenvalue weighted by Gasteiger charge is 2.40. The number of hydrogen-bond acceptors (Lipinski definition) is 4. The van der Waals surface area contributed by atoms with E-state index in [1.807, 2.05) is 49.4 Å². The Morgan fingerprint density at radius 1 is 1.00 bits per heavy atom. The van der Waals surface area contributed by atoms with Crippen LogP contribution in [0.5, 0.6) is 17.2 Å². The molecular formula is C22H20O5. The van der Waals surface area contributed by atoms with Gasteiger partial charge in [0.1, 0.15) is 5.75 Å². The number of rotatable bonds is 5. The van der Waals surface area contributed by atoms with Crippen molar-refractivity contribution in [3.8, 4) is 17.2 Å². The summed E-state index contributed by atoms with van der Waals surface area (Å²) in [7, 11) is 0. The Labute approximate surface area is 157 Å². The Balaban J connectivity index is 1.89. The topological polar surface area (TPSA) is 65.0 Å². The molecule has 5 nitrogen and oxygen atoms in total. The summed E-state index contributed by atoms with van der Waals surface area (Å²) < 4.78 is 17.9. The van der Waals surface area contributed by atoms with Crippen molar-refractivity contribution in [2.45, 2.75) is 25.6 Å². The largest absolute Gasteiger partial charge is 0.493 e. The second-order valence-corrected chi connectivity index (χ2v) is 6.41. The molecule has 0 spiro atoms. The van der Waals surface area contributed by atoms with E-state index < -0.39 is 18.2 Å². The van der Waals surface area contributed by atoms with Crippen molar-refractivity contribution in [3.63, 3.8) is 0 Å². The first-order chi connectivity index (χ1) is 13.2. The van der Waals surface area contributed by atoms with E-state index >= 15 is 0 Å². The summed E-state index contributed by atoms with van der Waals surface area (Å²) in [5.41, 5.74) is 0.698. The lowest BCUT2D eigenvalue weighted by Crippen LogP contribution is -2.39. The van der Waals surface area contributed by atoms with Gasteiger partial charge in [-0.25, -0.2) is 4.79 Å². The van der Waals surface area contributed by atoms with Crippen LogP contribution in [0.25, 0.3) is 10.8 Å². The first-order valence-electron chi connectivity index (χ1n) is 8.98. The summed E-state index contributed by atoms with van der Waals surface area (Å²) in [6.07, 6.45) is -1.15. The molecule has 2 atom stereocenters. The maximum Gasteiger partial charge on any atom is 0.349 e. The van der Waals surface area contributed by atoms with Gasteiger partial charge in [0.05, 0.1) is 6.61 Å². The zero-order valence-corrected chi connectivity index (χ0v) is 14.9. The number of fused-ring (bicyclic) bond motifs is 2. The molecule has 2 unspecified atom stereocenters. The third-order valence-electron chi connectivity index (χ3n) is 4.55. The minimum Gasteiger partial charge on any atom is -0.493 e. The fourth-order valence-corrected chi connectivity index (χ4v) is 3.34.